The van der Waals surface area contributed by atoms with Gasteiger partial charge in [0.1, 0.15) is 5.60 Å². The summed E-state index contributed by atoms with van der Waals surface area (Å²) in [6, 6.07) is 9.87. The lowest BCUT2D eigenvalue weighted by atomic mass is 9.76. The number of nitrogens with zero attached hydrogens (tertiary/aromatic N) is 1. The Labute approximate surface area is 183 Å². The van der Waals surface area contributed by atoms with E-state index in [9.17, 15) is 14.4 Å². The van der Waals surface area contributed by atoms with Crippen molar-refractivity contribution < 1.29 is 23.9 Å². The summed E-state index contributed by atoms with van der Waals surface area (Å²) in [4.78, 5) is 39.8. The molecule has 0 N–H and O–H groups in total. The summed E-state index contributed by atoms with van der Waals surface area (Å²) in [5.74, 6) is -0.707. The third kappa shape index (κ3) is 5.63. The molecule has 1 aromatic rings. The number of piperidine rings is 1. The lowest BCUT2D eigenvalue weighted by molar-refractivity contribution is -0.161. The number of carbonyl (C=O) groups excluding carboxylic acids is 3. The number of amides is 1. The second kappa shape index (κ2) is 9.50. The summed E-state index contributed by atoms with van der Waals surface area (Å²) in [7, 11) is 0. The third-order valence-corrected chi connectivity index (χ3v) is 5.68. The van der Waals surface area contributed by atoms with Crippen LogP contribution in [0.15, 0.2) is 48.2 Å². The zero-order valence-corrected chi connectivity index (χ0v) is 18.6. The van der Waals surface area contributed by atoms with Gasteiger partial charge in [0.05, 0.1) is 12.0 Å². The molecule has 3 rings (SSSR count). The van der Waals surface area contributed by atoms with Gasteiger partial charge in [-0.25, -0.2) is 0 Å². The molecule has 1 amide bonds. The molecular formula is C25H31NO5. The molecule has 0 aliphatic carbocycles. The molecule has 31 heavy (non-hydrogen) atoms. The van der Waals surface area contributed by atoms with E-state index in [0.717, 1.165) is 5.56 Å². The second-order valence-electron chi connectivity index (χ2n) is 8.86. The minimum absolute atomic E-state index is 0.0562. The SMILES string of the molecule is CCOC(=O)[C@]1(C/C=C/c2ccccc2)CCCN(C(=O)C2=CC(=O)CC(C)(C)O2)C1. The number of ether oxygens (including phenoxy) is 2. The van der Waals surface area contributed by atoms with Crippen LogP contribution in [0, 0.1) is 5.41 Å². The van der Waals surface area contributed by atoms with Crippen LogP contribution in [0.4, 0.5) is 0 Å². The highest BCUT2D eigenvalue weighted by atomic mass is 16.5. The minimum Gasteiger partial charge on any atom is -0.481 e. The van der Waals surface area contributed by atoms with Gasteiger partial charge in [0.15, 0.2) is 11.5 Å². The first-order valence-corrected chi connectivity index (χ1v) is 10.9. The van der Waals surface area contributed by atoms with Crippen LogP contribution >= 0.6 is 0 Å². The maximum Gasteiger partial charge on any atom is 0.314 e. The van der Waals surface area contributed by atoms with Crippen molar-refractivity contribution in [1.82, 2.24) is 4.90 Å². The van der Waals surface area contributed by atoms with Crippen LogP contribution in [0.25, 0.3) is 6.08 Å². The van der Waals surface area contributed by atoms with Gasteiger partial charge in [0.25, 0.3) is 5.91 Å². The molecule has 0 radical (unpaired) electrons. The molecule has 0 unspecified atom stereocenters. The summed E-state index contributed by atoms with van der Waals surface area (Å²) >= 11 is 0. The van der Waals surface area contributed by atoms with E-state index in [4.69, 9.17) is 9.47 Å². The number of hydrogen-bond acceptors (Lipinski definition) is 5. The van der Waals surface area contributed by atoms with Gasteiger partial charge in [-0.2, -0.15) is 0 Å². The van der Waals surface area contributed by atoms with Crippen molar-refractivity contribution in [2.75, 3.05) is 19.7 Å². The molecule has 1 saturated heterocycles. The van der Waals surface area contributed by atoms with Crippen LogP contribution in [-0.4, -0.2) is 47.9 Å². The predicted octanol–water partition coefficient (Wildman–Crippen LogP) is 3.91. The van der Waals surface area contributed by atoms with Gasteiger partial charge in [-0.15, -0.1) is 0 Å². The third-order valence-electron chi connectivity index (χ3n) is 5.68. The molecule has 2 aliphatic rings. The van der Waals surface area contributed by atoms with E-state index < -0.39 is 11.0 Å². The fraction of sp³-hybridized carbons (Fsp3) is 0.480. The quantitative estimate of drug-likeness (QED) is 0.646. The molecule has 6 nitrogen and oxygen atoms in total. The topological polar surface area (TPSA) is 72.9 Å². The highest BCUT2D eigenvalue weighted by Gasteiger charge is 2.45. The van der Waals surface area contributed by atoms with Gasteiger partial charge < -0.3 is 14.4 Å². The van der Waals surface area contributed by atoms with Crippen molar-refractivity contribution in [1.29, 1.82) is 0 Å². The molecule has 2 heterocycles. The monoisotopic (exact) mass is 425 g/mol. The summed E-state index contributed by atoms with van der Waals surface area (Å²) in [6.45, 7) is 6.40. The van der Waals surface area contributed by atoms with E-state index in [2.05, 4.69) is 0 Å². The Morgan fingerprint density at radius 3 is 2.65 bits per heavy atom. The summed E-state index contributed by atoms with van der Waals surface area (Å²) in [6.07, 6.45) is 7.26. The lowest BCUT2D eigenvalue weighted by Gasteiger charge is -2.41. The molecule has 1 fully saturated rings. The first-order valence-electron chi connectivity index (χ1n) is 10.9. The number of hydrogen-bond donors (Lipinski definition) is 0. The average Bonchev–Trinajstić information content (AvgIpc) is 2.73. The van der Waals surface area contributed by atoms with Crippen LogP contribution < -0.4 is 0 Å². The van der Waals surface area contributed by atoms with Gasteiger partial charge in [-0.05, 0) is 45.6 Å². The molecule has 1 aromatic carbocycles. The number of allylic oxidation sites excluding steroid dienone is 2. The van der Waals surface area contributed by atoms with Gasteiger partial charge in [0.2, 0.25) is 0 Å². The number of rotatable bonds is 6. The first kappa shape index (κ1) is 22.8. The van der Waals surface area contributed by atoms with E-state index >= 15 is 0 Å². The Kier molecular flexibility index (Phi) is 6.98. The zero-order chi connectivity index (χ0) is 22.5. The van der Waals surface area contributed by atoms with Gasteiger partial charge in [0, 0.05) is 25.6 Å². The largest absolute Gasteiger partial charge is 0.481 e. The molecule has 0 saturated carbocycles. The molecule has 166 valence electrons. The van der Waals surface area contributed by atoms with Gasteiger partial charge in [-0.3, -0.25) is 14.4 Å². The van der Waals surface area contributed by atoms with Crippen molar-refractivity contribution in [3.05, 3.63) is 53.8 Å². The highest BCUT2D eigenvalue weighted by Crippen LogP contribution is 2.37. The van der Waals surface area contributed by atoms with Crippen LogP contribution in [0.3, 0.4) is 0 Å². The van der Waals surface area contributed by atoms with E-state index in [1.54, 1.807) is 25.7 Å². The Bertz CT molecular complexity index is 886. The van der Waals surface area contributed by atoms with Crippen molar-refractivity contribution in [3.8, 4) is 0 Å². The zero-order valence-electron chi connectivity index (χ0n) is 18.6. The van der Waals surface area contributed by atoms with Crippen LogP contribution in [0.1, 0.15) is 52.0 Å². The van der Waals surface area contributed by atoms with Gasteiger partial charge in [-0.1, -0.05) is 42.5 Å². The Morgan fingerprint density at radius 2 is 1.97 bits per heavy atom. The lowest BCUT2D eigenvalue weighted by Crippen LogP contribution is -2.51. The Balaban J connectivity index is 1.80. The predicted molar refractivity (Wildman–Crippen MR) is 118 cm³/mol. The van der Waals surface area contributed by atoms with Gasteiger partial charge >= 0.3 is 5.97 Å². The number of carbonyl (C=O) groups is 3. The van der Waals surface area contributed by atoms with Crippen molar-refractivity contribution >= 4 is 23.7 Å². The molecule has 0 spiro atoms. The van der Waals surface area contributed by atoms with Crippen LogP contribution in [0.5, 0.6) is 0 Å². The van der Waals surface area contributed by atoms with E-state index in [1.807, 2.05) is 42.5 Å². The fourth-order valence-corrected chi connectivity index (χ4v) is 4.23. The molecule has 1 atom stereocenters. The van der Waals surface area contributed by atoms with Crippen molar-refractivity contribution in [3.63, 3.8) is 0 Å². The minimum atomic E-state index is -0.816. The second-order valence-corrected chi connectivity index (χ2v) is 8.86. The molecular weight excluding hydrogens is 394 g/mol. The highest BCUT2D eigenvalue weighted by molar-refractivity contribution is 6.02. The molecule has 0 aromatic heterocycles. The Morgan fingerprint density at radius 1 is 1.23 bits per heavy atom. The first-order chi connectivity index (χ1) is 14.7. The average molecular weight is 426 g/mol. The van der Waals surface area contributed by atoms with E-state index in [1.165, 1.54) is 6.08 Å². The fourth-order valence-electron chi connectivity index (χ4n) is 4.23. The number of ketones is 1. The molecule has 6 heteroatoms. The molecule has 0 bridgehead atoms. The maximum atomic E-state index is 13.2. The van der Waals surface area contributed by atoms with Crippen molar-refractivity contribution in [2.24, 2.45) is 5.41 Å². The van der Waals surface area contributed by atoms with Crippen LogP contribution in [0.2, 0.25) is 0 Å². The van der Waals surface area contributed by atoms with E-state index in [-0.39, 0.29) is 43.0 Å². The van der Waals surface area contributed by atoms with Crippen LogP contribution in [-0.2, 0) is 23.9 Å². The summed E-state index contributed by atoms with van der Waals surface area (Å²) in [5, 5.41) is 0. The van der Waals surface area contributed by atoms with E-state index in [0.29, 0.717) is 25.8 Å². The standard InChI is InChI=1S/C25H31NO5/c1-4-30-23(29)25(13-8-12-19-10-6-5-7-11-19)14-9-15-26(18-25)22(28)21-16-20(27)17-24(2,3)31-21/h5-8,10-12,16H,4,9,13-15,17-18H2,1-3H3/b12-8+/t25-/m1/s1. The smallest absolute Gasteiger partial charge is 0.314 e. The number of benzene rings is 1. The Hall–Kier alpha value is -2.89. The number of likely N-dealkylation sites (tertiary alicyclic amines) is 1. The maximum absolute atomic E-state index is 13.2. The number of esters is 1. The summed E-state index contributed by atoms with van der Waals surface area (Å²) < 4.78 is 11.2. The normalized spacial score (nSPS) is 23.3. The van der Waals surface area contributed by atoms with Crippen molar-refractivity contribution in [2.45, 2.75) is 52.1 Å². The summed E-state index contributed by atoms with van der Waals surface area (Å²) in [5.41, 5.74) is -0.487. The molecule has 2 aliphatic heterocycles.